The van der Waals surface area contributed by atoms with Crippen molar-refractivity contribution in [3.05, 3.63) is 48.0 Å². The zero-order valence-corrected chi connectivity index (χ0v) is 12.0. The summed E-state index contributed by atoms with van der Waals surface area (Å²) in [5.41, 5.74) is 5.67. The fraction of sp³-hybridized carbons (Fsp3) is 0.556. The van der Waals surface area contributed by atoms with Gasteiger partial charge in [-0.25, -0.2) is 0 Å². The molecule has 5 unspecified atom stereocenters. The summed E-state index contributed by atoms with van der Waals surface area (Å²) in [6.07, 6.45) is 8.33. The number of aromatic nitrogens is 1. The largest absolute Gasteiger partial charge is 0.262 e. The molecule has 19 heavy (non-hydrogen) atoms. The average molecular weight is 253 g/mol. The first-order valence-electron chi connectivity index (χ1n) is 7.53. The van der Waals surface area contributed by atoms with Crippen molar-refractivity contribution < 1.29 is 0 Å². The van der Waals surface area contributed by atoms with Crippen molar-refractivity contribution in [3.8, 4) is 0 Å². The Morgan fingerprint density at radius 3 is 3.00 bits per heavy atom. The van der Waals surface area contributed by atoms with E-state index in [1.54, 1.807) is 0 Å². The Hall–Kier alpha value is -1.33. The molecule has 0 aromatic carbocycles. The Balaban J connectivity index is 1.98. The van der Waals surface area contributed by atoms with Gasteiger partial charge in [0.25, 0.3) is 0 Å². The molecule has 1 heteroatoms. The highest BCUT2D eigenvalue weighted by atomic mass is 14.7. The number of rotatable bonds is 3. The molecule has 1 nitrogen and oxygen atoms in total. The normalized spacial score (nSPS) is 36.2. The van der Waals surface area contributed by atoms with Crippen LogP contribution >= 0.6 is 0 Å². The smallest absolute Gasteiger partial charge is 0.0375 e. The van der Waals surface area contributed by atoms with Crippen LogP contribution in [0.3, 0.4) is 0 Å². The van der Waals surface area contributed by atoms with Gasteiger partial charge in [-0.05, 0) is 73.1 Å². The summed E-state index contributed by atoms with van der Waals surface area (Å²) < 4.78 is 0. The van der Waals surface area contributed by atoms with Crippen LogP contribution in [0.4, 0.5) is 0 Å². The topological polar surface area (TPSA) is 12.9 Å². The first-order valence-corrected chi connectivity index (χ1v) is 7.53. The van der Waals surface area contributed by atoms with Crippen LogP contribution in [0.5, 0.6) is 0 Å². The van der Waals surface area contributed by atoms with Crippen molar-refractivity contribution in [1.82, 2.24) is 4.98 Å². The number of aryl methyl sites for hydroxylation is 1. The molecule has 0 radical (unpaired) electrons. The third kappa shape index (κ3) is 2.07. The Labute approximate surface area is 116 Å². The van der Waals surface area contributed by atoms with Crippen LogP contribution in [0, 0.1) is 30.6 Å². The summed E-state index contributed by atoms with van der Waals surface area (Å²) in [5, 5.41) is 0. The summed E-state index contributed by atoms with van der Waals surface area (Å²) >= 11 is 0. The predicted molar refractivity (Wildman–Crippen MR) is 78.9 cm³/mol. The fourth-order valence-electron chi connectivity index (χ4n) is 4.62. The van der Waals surface area contributed by atoms with Crippen molar-refractivity contribution in [2.75, 3.05) is 0 Å². The van der Waals surface area contributed by atoms with Gasteiger partial charge in [-0.15, -0.1) is 5.73 Å². The molecule has 2 bridgehead atoms. The highest BCUT2D eigenvalue weighted by Crippen LogP contribution is 2.60. The lowest BCUT2D eigenvalue weighted by molar-refractivity contribution is 0.245. The third-order valence-electron chi connectivity index (χ3n) is 5.35. The number of allylic oxidation sites excluding steroid dienone is 1. The number of nitrogens with zero attached hydrogens (tertiary/aromatic N) is 1. The van der Waals surface area contributed by atoms with Crippen molar-refractivity contribution in [2.45, 2.75) is 39.0 Å². The van der Waals surface area contributed by atoms with Crippen LogP contribution in [0.15, 0.2) is 36.7 Å². The van der Waals surface area contributed by atoms with Gasteiger partial charge < -0.3 is 0 Å². The Kier molecular flexibility index (Phi) is 3.33. The van der Waals surface area contributed by atoms with Gasteiger partial charge in [-0.3, -0.25) is 4.98 Å². The second-order valence-corrected chi connectivity index (χ2v) is 6.27. The van der Waals surface area contributed by atoms with E-state index in [2.05, 4.69) is 49.4 Å². The van der Waals surface area contributed by atoms with Crippen molar-refractivity contribution in [3.63, 3.8) is 0 Å². The molecule has 2 aliphatic rings. The van der Waals surface area contributed by atoms with Gasteiger partial charge in [-0.2, -0.15) is 0 Å². The third-order valence-corrected chi connectivity index (χ3v) is 5.35. The van der Waals surface area contributed by atoms with E-state index in [-0.39, 0.29) is 0 Å². The second-order valence-electron chi connectivity index (χ2n) is 6.27. The van der Waals surface area contributed by atoms with Crippen LogP contribution in [0.2, 0.25) is 0 Å². The number of fused-ring (bicyclic) bond motifs is 2. The van der Waals surface area contributed by atoms with Crippen LogP contribution in [-0.2, 0) is 0 Å². The molecule has 0 saturated heterocycles. The molecule has 5 atom stereocenters. The molecule has 2 saturated carbocycles. The van der Waals surface area contributed by atoms with E-state index in [0.717, 1.165) is 23.4 Å². The van der Waals surface area contributed by atoms with Gasteiger partial charge in [0.2, 0.25) is 0 Å². The lowest BCUT2D eigenvalue weighted by atomic mass is 9.70. The Morgan fingerprint density at radius 1 is 1.47 bits per heavy atom. The molecule has 1 heterocycles. The van der Waals surface area contributed by atoms with Gasteiger partial charge in [0.15, 0.2) is 0 Å². The zero-order chi connectivity index (χ0) is 13.4. The van der Waals surface area contributed by atoms with Crippen LogP contribution in [0.1, 0.15) is 43.4 Å². The summed E-state index contributed by atoms with van der Waals surface area (Å²) in [7, 11) is 0. The molecule has 0 amide bonds. The predicted octanol–water partition coefficient (Wildman–Crippen LogP) is 4.50. The summed E-state index contributed by atoms with van der Waals surface area (Å²) in [6.45, 7) is 8.24. The minimum absolute atomic E-state index is 0.645. The van der Waals surface area contributed by atoms with E-state index in [9.17, 15) is 0 Å². The van der Waals surface area contributed by atoms with Gasteiger partial charge in [0, 0.05) is 11.9 Å². The van der Waals surface area contributed by atoms with E-state index >= 15 is 0 Å². The van der Waals surface area contributed by atoms with E-state index in [1.807, 2.05) is 6.20 Å². The highest BCUT2D eigenvalue weighted by Gasteiger charge is 2.51. The standard InChI is InChI=1S/C18H23N/c1-4-6-16-15-10-13(5-2)17(11-15)18(16)14-7-8-19-12(3)9-14/h6-9,13,15-18H,1,5,10-11H2,2-3H3. The lowest BCUT2D eigenvalue weighted by Crippen LogP contribution is -2.25. The second kappa shape index (κ2) is 4.98. The van der Waals surface area contributed by atoms with Crippen LogP contribution in [-0.4, -0.2) is 4.98 Å². The Morgan fingerprint density at radius 2 is 2.32 bits per heavy atom. The number of pyridine rings is 1. The molecule has 2 fully saturated rings. The summed E-state index contributed by atoms with van der Waals surface area (Å²) in [5.74, 6) is 3.93. The first-order chi connectivity index (χ1) is 9.24. The molecule has 2 aliphatic carbocycles. The molecular weight excluding hydrogens is 230 g/mol. The lowest BCUT2D eigenvalue weighted by Gasteiger charge is -2.34. The van der Waals surface area contributed by atoms with Crippen molar-refractivity contribution in [2.24, 2.45) is 23.7 Å². The molecule has 3 rings (SSSR count). The SMILES string of the molecule is C=C=CC1C2CC(CC)C(C2)C1c1ccnc(C)c1. The summed E-state index contributed by atoms with van der Waals surface area (Å²) in [4.78, 5) is 4.35. The minimum atomic E-state index is 0.645. The van der Waals surface area contributed by atoms with E-state index < -0.39 is 0 Å². The van der Waals surface area contributed by atoms with E-state index in [4.69, 9.17) is 0 Å². The molecule has 100 valence electrons. The maximum atomic E-state index is 4.35. The monoisotopic (exact) mass is 253 g/mol. The number of hydrogen-bond donors (Lipinski definition) is 0. The highest BCUT2D eigenvalue weighted by molar-refractivity contribution is 5.27. The fourth-order valence-corrected chi connectivity index (χ4v) is 4.62. The van der Waals surface area contributed by atoms with Crippen LogP contribution in [0.25, 0.3) is 0 Å². The van der Waals surface area contributed by atoms with Crippen molar-refractivity contribution in [1.29, 1.82) is 0 Å². The minimum Gasteiger partial charge on any atom is -0.262 e. The van der Waals surface area contributed by atoms with Gasteiger partial charge >= 0.3 is 0 Å². The van der Waals surface area contributed by atoms with Gasteiger partial charge in [-0.1, -0.05) is 19.9 Å². The maximum absolute atomic E-state index is 4.35. The molecule has 1 aromatic rings. The first kappa shape index (κ1) is 12.7. The van der Waals surface area contributed by atoms with E-state index in [0.29, 0.717) is 11.8 Å². The molecule has 1 aromatic heterocycles. The van der Waals surface area contributed by atoms with E-state index in [1.165, 1.54) is 24.8 Å². The zero-order valence-electron chi connectivity index (χ0n) is 12.0. The Bertz CT molecular complexity index is 512. The molecule has 0 N–H and O–H groups in total. The average Bonchev–Trinajstić information content (AvgIpc) is 2.96. The van der Waals surface area contributed by atoms with Gasteiger partial charge in [0.1, 0.15) is 0 Å². The van der Waals surface area contributed by atoms with Crippen LogP contribution < -0.4 is 0 Å². The molecule has 0 spiro atoms. The quantitative estimate of drug-likeness (QED) is 0.723. The molecule has 0 aliphatic heterocycles. The van der Waals surface area contributed by atoms with Crippen molar-refractivity contribution >= 4 is 0 Å². The van der Waals surface area contributed by atoms with Gasteiger partial charge in [0.05, 0.1) is 0 Å². The summed E-state index contributed by atoms with van der Waals surface area (Å²) in [6, 6.07) is 4.50. The maximum Gasteiger partial charge on any atom is 0.0375 e. The molecular formula is C18H23N. The number of hydrogen-bond acceptors (Lipinski definition) is 1.